The summed E-state index contributed by atoms with van der Waals surface area (Å²) < 4.78 is 32.9. The van der Waals surface area contributed by atoms with Crippen molar-refractivity contribution in [3.8, 4) is 0 Å². The van der Waals surface area contributed by atoms with Crippen molar-refractivity contribution in [2.75, 3.05) is 31.0 Å². The highest BCUT2D eigenvalue weighted by Crippen LogP contribution is 2.26. The summed E-state index contributed by atoms with van der Waals surface area (Å²) >= 11 is 0. The van der Waals surface area contributed by atoms with Gasteiger partial charge in [0, 0.05) is 19.2 Å². The average Bonchev–Trinajstić information content (AvgIpc) is 2.41. The van der Waals surface area contributed by atoms with E-state index in [1.54, 1.807) is 13.0 Å². The van der Waals surface area contributed by atoms with Crippen LogP contribution in [0.4, 0.5) is 11.4 Å². The smallest absolute Gasteiger partial charge is 0.302 e. The molecule has 0 unspecified atom stereocenters. The van der Waals surface area contributed by atoms with Crippen LogP contribution < -0.4 is 4.72 Å². The molecular formula is C11H15N3O5S. The van der Waals surface area contributed by atoms with Crippen LogP contribution in [0.1, 0.15) is 5.56 Å². The maximum Gasteiger partial charge on any atom is 0.302 e. The Hall–Kier alpha value is -1.71. The second-order valence-electron chi connectivity index (χ2n) is 4.40. The minimum Gasteiger partial charge on any atom is -0.379 e. The highest BCUT2D eigenvalue weighted by atomic mass is 32.2. The number of ether oxygens (including phenoxy) is 1. The third-order valence-corrected chi connectivity index (χ3v) is 4.42. The lowest BCUT2D eigenvalue weighted by atomic mass is 10.2. The fourth-order valence-corrected chi connectivity index (χ4v) is 3.08. The Labute approximate surface area is 116 Å². The Bertz CT molecular complexity index is 610. The van der Waals surface area contributed by atoms with Crippen molar-refractivity contribution in [2.45, 2.75) is 6.92 Å². The monoisotopic (exact) mass is 301 g/mol. The van der Waals surface area contributed by atoms with E-state index in [-0.39, 0.29) is 24.5 Å². The van der Waals surface area contributed by atoms with Crippen molar-refractivity contribution in [3.63, 3.8) is 0 Å². The zero-order valence-electron chi connectivity index (χ0n) is 10.9. The molecule has 1 aromatic carbocycles. The Morgan fingerprint density at radius 1 is 1.35 bits per heavy atom. The molecule has 0 aromatic heterocycles. The first-order valence-electron chi connectivity index (χ1n) is 6.01. The molecule has 1 aromatic rings. The van der Waals surface area contributed by atoms with Gasteiger partial charge >= 0.3 is 10.2 Å². The van der Waals surface area contributed by atoms with E-state index in [4.69, 9.17) is 4.74 Å². The molecule has 1 fully saturated rings. The molecule has 1 aliphatic heterocycles. The van der Waals surface area contributed by atoms with Crippen LogP contribution in [0.3, 0.4) is 0 Å². The van der Waals surface area contributed by atoms with Crippen LogP contribution in [0.15, 0.2) is 18.2 Å². The molecule has 110 valence electrons. The van der Waals surface area contributed by atoms with Gasteiger partial charge in [-0.2, -0.15) is 12.7 Å². The highest BCUT2D eigenvalue weighted by Gasteiger charge is 2.26. The SMILES string of the molecule is Cc1ccc(NS(=O)(=O)N2CCOCC2)c([N+](=O)[O-])c1. The highest BCUT2D eigenvalue weighted by molar-refractivity contribution is 7.90. The summed E-state index contributed by atoms with van der Waals surface area (Å²) in [5.41, 5.74) is 0.389. The van der Waals surface area contributed by atoms with E-state index < -0.39 is 15.1 Å². The van der Waals surface area contributed by atoms with Crippen molar-refractivity contribution in [1.82, 2.24) is 4.31 Å². The Morgan fingerprint density at radius 3 is 2.60 bits per heavy atom. The van der Waals surface area contributed by atoms with Crippen molar-refractivity contribution in [2.24, 2.45) is 0 Å². The molecule has 9 heteroatoms. The first-order chi connectivity index (χ1) is 9.40. The zero-order chi connectivity index (χ0) is 14.8. The summed E-state index contributed by atoms with van der Waals surface area (Å²) in [6.07, 6.45) is 0. The van der Waals surface area contributed by atoms with Gasteiger partial charge in [0.15, 0.2) is 0 Å². The number of nitrogens with zero attached hydrogens (tertiary/aromatic N) is 2. The van der Waals surface area contributed by atoms with Crippen molar-refractivity contribution in [1.29, 1.82) is 0 Å². The van der Waals surface area contributed by atoms with Crippen LogP contribution in [-0.4, -0.2) is 43.9 Å². The van der Waals surface area contributed by atoms with Gasteiger partial charge in [0.1, 0.15) is 5.69 Å². The molecule has 0 aliphatic carbocycles. The summed E-state index contributed by atoms with van der Waals surface area (Å²) in [5, 5.41) is 11.0. The lowest BCUT2D eigenvalue weighted by Crippen LogP contribution is -2.43. The molecule has 0 spiro atoms. The number of aryl methyl sites for hydroxylation is 1. The second kappa shape index (κ2) is 5.73. The van der Waals surface area contributed by atoms with Crippen molar-refractivity contribution in [3.05, 3.63) is 33.9 Å². The number of hydrogen-bond donors (Lipinski definition) is 1. The van der Waals surface area contributed by atoms with Gasteiger partial charge in [-0.15, -0.1) is 0 Å². The summed E-state index contributed by atoms with van der Waals surface area (Å²) in [7, 11) is -3.81. The lowest BCUT2D eigenvalue weighted by molar-refractivity contribution is -0.383. The van der Waals surface area contributed by atoms with Crippen molar-refractivity contribution < 1.29 is 18.1 Å². The second-order valence-corrected chi connectivity index (χ2v) is 6.07. The molecule has 1 aliphatic rings. The van der Waals surface area contributed by atoms with Crippen LogP contribution >= 0.6 is 0 Å². The molecule has 20 heavy (non-hydrogen) atoms. The van der Waals surface area contributed by atoms with E-state index in [1.807, 2.05) is 0 Å². The number of rotatable bonds is 4. The molecule has 0 saturated carbocycles. The van der Waals surface area contributed by atoms with Gasteiger partial charge in [-0.05, 0) is 18.6 Å². The fourth-order valence-electron chi connectivity index (χ4n) is 1.87. The Balaban J connectivity index is 2.27. The quantitative estimate of drug-likeness (QED) is 0.657. The third kappa shape index (κ3) is 3.24. The maximum atomic E-state index is 12.2. The van der Waals surface area contributed by atoms with E-state index in [1.165, 1.54) is 16.4 Å². The van der Waals surface area contributed by atoms with E-state index >= 15 is 0 Å². The molecule has 1 saturated heterocycles. The average molecular weight is 301 g/mol. The summed E-state index contributed by atoms with van der Waals surface area (Å²) in [5.74, 6) is 0. The van der Waals surface area contributed by atoms with Gasteiger partial charge in [0.25, 0.3) is 5.69 Å². The largest absolute Gasteiger partial charge is 0.379 e. The molecular weight excluding hydrogens is 286 g/mol. The zero-order valence-corrected chi connectivity index (χ0v) is 11.7. The third-order valence-electron chi connectivity index (χ3n) is 2.90. The van der Waals surface area contributed by atoms with Gasteiger partial charge in [-0.1, -0.05) is 6.07 Å². The minimum absolute atomic E-state index is 0.0351. The van der Waals surface area contributed by atoms with Gasteiger partial charge in [0.2, 0.25) is 0 Å². The molecule has 0 atom stereocenters. The van der Waals surface area contributed by atoms with Crippen LogP contribution in [-0.2, 0) is 14.9 Å². The first kappa shape index (κ1) is 14.7. The number of nitrogens with one attached hydrogen (secondary N) is 1. The van der Waals surface area contributed by atoms with Crippen LogP contribution in [0.25, 0.3) is 0 Å². The first-order valence-corrected chi connectivity index (χ1v) is 7.45. The van der Waals surface area contributed by atoms with Crippen LogP contribution in [0.2, 0.25) is 0 Å². The summed E-state index contributed by atoms with van der Waals surface area (Å²) in [6, 6.07) is 4.34. The summed E-state index contributed by atoms with van der Waals surface area (Å²) in [4.78, 5) is 10.4. The minimum atomic E-state index is -3.81. The Morgan fingerprint density at radius 2 is 2.00 bits per heavy atom. The van der Waals surface area contributed by atoms with E-state index in [2.05, 4.69) is 4.72 Å². The topological polar surface area (TPSA) is 102 Å². The molecule has 2 rings (SSSR count). The molecule has 1 N–H and O–H groups in total. The van der Waals surface area contributed by atoms with Gasteiger partial charge in [-0.25, -0.2) is 0 Å². The van der Waals surface area contributed by atoms with Gasteiger partial charge in [-0.3, -0.25) is 14.8 Å². The molecule has 0 bridgehead atoms. The number of anilines is 1. The van der Waals surface area contributed by atoms with Crippen LogP contribution in [0, 0.1) is 17.0 Å². The predicted octanol–water partition coefficient (Wildman–Crippen LogP) is 0.892. The fraction of sp³-hybridized carbons (Fsp3) is 0.455. The maximum absolute atomic E-state index is 12.2. The molecule has 0 amide bonds. The molecule has 0 radical (unpaired) electrons. The number of hydrogen-bond acceptors (Lipinski definition) is 5. The number of morpholine rings is 1. The summed E-state index contributed by atoms with van der Waals surface area (Å²) in [6.45, 7) is 2.80. The number of benzene rings is 1. The molecule has 8 nitrogen and oxygen atoms in total. The van der Waals surface area contributed by atoms with E-state index in [0.29, 0.717) is 18.8 Å². The van der Waals surface area contributed by atoms with Gasteiger partial charge in [0.05, 0.1) is 18.1 Å². The number of nitro groups is 1. The lowest BCUT2D eigenvalue weighted by Gasteiger charge is -2.26. The predicted molar refractivity (Wildman–Crippen MR) is 72.8 cm³/mol. The van der Waals surface area contributed by atoms with E-state index in [9.17, 15) is 18.5 Å². The normalized spacial score (nSPS) is 16.9. The molecule has 1 heterocycles. The Kier molecular flexibility index (Phi) is 4.21. The van der Waals surface area contributed by atoms with Crippen molar-refractivity contribution >= 4 is 21.6 Å². The number of nitro benzene ring substituents is 1. The van der Waals surface area contributed by atoms with Crippen LogP contribution in [0.5, 0.6) is 0 Å². The van der Waals surface area contributed by atoms with E-state index in [0.717, 1.165) is 0 Å². The standard InChI is InChI=1S/C11H15N3O5S/c1-9-2-3-10(11(8-9)14(15)16)12-20(17,18)13-4-6-19-7-5-13/h2-3,8,12H,4-7H2,1H3. The van der Waals surface area contributed by atoms with Gasteiger partial charge < -0.3 is 4.74 Å².